The van der Waals surface area contributed by atoms with Gasteiger partial charge in [0.2, 0.25) is 0 Å². The first-order valence-electron chi connectivity index (χ1n) is 50.1. The summed E-state index contributed by atoms with van der Waals surface area (Å²) in [5.74, 6) is 0. The maximum absolute atomic E-state index is 2.47. The van der Waals surface area contributed by atoms with Crippen molar-refractivity contribution in [1.82, 2.24) is 13.7 Å². The van der Waals surface area contributed by atoms with Crippen molar-refractivity contribution in [2.24, 2.45) is 0 Å². The second-order valence-corrected chi connectivity index (χ2v) is 40.8. The van der Waals surface area contributed by atoms with Gasteiger partial charge in [-0.2, -0.15) is 0 Å². The van der Waals surface area contributed by atoms with E-state index in [0.29, 0.717) is 0 Å². The number of anilines is 9. The third-order valence-electron chi connectivity index (χ3n) is 29.2. The predicted octanol–water partition coefficient (Wildman–Crippen LogP) is 40.3. The molecule has 147 heavy (non-hydrogen) atoms. The molecule has 690 valence electrons. The zero-order chi connectivity index (χ0) is 96.9. The van der Waals surface area contributed by atoms with E-state index in [9.17, 15) is 0 Å². The average Bonchev–Trinajstić information content (AvgIpc) is 1.58. The standard InChI is InChI=1S/C50H32N2S.C46H30N2S.C42H28N2S/c1-3-13-33(14-4-1)36-25-29-47-43(31-36)41-27-28-42-44-32-38(26-30-48(44)53-50(42)49(41)52(47)37-19-5-2-6-20-37)51(45-23-11-17-34-15-7-9-21-39(34)45)46-24-12-18-35-16-8-10-22-40(35)46;1-4-13-31(14-5-1)33-23-27-43-40(29-33)38-25-26-39-41-30-36(24-28-44(41)49-46(39)45(38)48(43)35-19-8-3-9-20-35)47(34-17-6-2-7-18-34)42-22-12-16-32-15-10-11-21-37(32)42;1-5-13-29(14-6-1)30-21-25-39-37(27-30)35-23-24-36-38-28-34(43(31-15-7-2-8-16-31)32-17-9-3-10-18-32)22-26-40(38)45-42(36)41(35)44(39)33-19-11-4-12-20-33/h1-32H;1-30H;1-28H. The van der Waals surface area contributed by atoms with Crippen LogP contribution in [-0.4, -0.2) is 13.7 Å². The molecule has 30 rings (SSSR count). The van der Waals surface area contributed by atoms with E-state index < -0.39 is 0 Å². The molecule has 0 spiro atoms. The number of fused-ring (bicyclic) bond motifs is 24. The van der Waals surface area contributed by atoms with Crippen LogP contribution in [0.15, 0.2) is 546 Å². The number of hydrogen-bond donors (Lipinski definition) is 0. The summed E-state index contributed by atoms with van der Waals surface area (Å²) in [5, 5.41) is 22.7. The van der Waals surface area contributed by atoms with Crippen molar-refractivity contribution in [3.05, 3.63) is 546 Å². The molecule has 6 heterocycles. The Morgan fingerprint density at radius 1 is 0.143 bits per heavy atom. The highest BCUT2D eigenvalue weighted by Gasteiger charge is 2.28. The van der Waals surface area contributed by atoms with E-state index in [4.69, 9.17) is 0 Å². The monoisotopic (exact) mass is 1930 g/mol. The van der Waals surface area contributed by atoms with Gasteiger partial charge in [0, 0.05) is 146 Å². The minimum Gasteiger partial charge on any atom is -0.310 e. The molecule has 0 aliphatic carbocycles. The molecule has 0 amide bonds. The van der Waals surface area contributed by atoms with Crippen molar-refractivity contribution in [2.75, 3.05) is 14.7 Å². The molecule has 0 radical (unpaired) electrons. The topological polar surface area (TPSA) is 24.5 Å². The SMILES string of the molecule is c1ccc(-c2ccc3c(c2)c2ccc4c5cc(N(c6cccc7ccccc67)c6cccc7ccccc67)ccc5sc4c2n3-c2ccccc2)cc1.c1ccc(-c2ccc3c(c2)c2ccc4c5cc(N(c6ccccc6)c6cccc7ccccc67)ccc5sc4c2n3-c2ccccc2)cc1.c1ccc(-c2ccc3c(c2)c2ccc4c5cc(N(c6ccccc6)c6ccccc6)ccc5sc4c2n3-c2ccccc2)cc1. The molecule has 6 aromatic heterocycles. The maximum Gasteiger partial charge on any atom is 0.0719 e. The molecular weight excluding hydrogens is 1840 g/mol. The molecule has 0 saturated carbocycles. The van der Waals surface area contributed by atoms with E-state index in [-0.39, 0.29) is 0 Å². The van der Waals surface area contributed by atoms with Crippen LogP contribution in [0.5, 0.6) is 0 Å². The summed E-state index contributed by atoms with van der Waals surface area (Å²) >= 11 is 5.67. The lowest BCUT2D eigenvalue weighted by atomic mass is 10.0. The zero-order valence-corrected chi connectivity index (χ0v) is 82.3. The van der Waals surface area contributed by atoms with Gasteiger partial charge in [0.05, 0.1) is 64.3 Å². The Bertz CT molecular complexity index is 10200. The molecule has 24 aromatic carbocycles. The summed E-state index contributed by atoms with van der Waals surface area (Å²) in [6.07, 6.45) is 0. The molecular formula is C138H90N6S3. The summed E-state index contributed by atoms with van der Waals surface area (Å²) in [6.45, 7) is 0. The Hall–Kier alpha value is -18.5. The van der Waals surface area contributed by atoms with Crippen molar-refractivity contribution in [1.29, 1.82) is 0 Å². The molecule has 0 saturated heterocycles. The molecule has 0 unspecified atom stereocenters. The second-order valence-electron chi connectivity index (χ2n) is 37.7. The van der Waals surface area contributed by atoms with Crippen molar-refractivity contribution >= 4 is 243 Å². The molecule has 6 nitrogen and oxygen atoms in total. The Kier molecular flexibility index (Phi) is 21.4. The largest absolute Gasteiger partial charge is 0.310 e. The van der Waals surface area contributed by atoms with Crippen LogP contribution in [0.3, 0.4) is 0 Å². The van der Waals surface area contributed by atoms with E-state index in [2.05, 4.69) is 574 Å². The van der Waals surface area contributed by atoms with Gasteiger partial charge in [-0.3, -0.25) is 0 Å². The maximum atomic E-state index is 2.47. The summed E-state index contributed by atoms with van der Waals surface area (Å²) in [5.41, 5.74) is 28.7. The Morgan fingerprint density at radius 3 is 0.714 bits per heavy atom. The number of aromatic nitrogens is 3. The number of thiophene rings is 3. The molecule has 0 N–H and O–H groups in total. The van der Waals surface area contributed by atoms with E-state index in [1.54, 1.807) is 0 Å². The third-order valence-corrected chi connectivity index (χ3v) is 32.8. The van der Waals surface area contributed by atoms with E-state index in [1.165, 1.54) is 226 Å². The fourth-order valence-corrected chi connectivity index (χ4v) is 26.2. The Morgan fingerprint density at radius 2 is 0.395 bits per heavy atom. The van der Waals surface area contributed by atoms with E-state index >= 15 is 0 Å². The summed E-state index contributed by atoms with van der Waals surface area (Å²) in [6, 6.07) is 198. The van der Waals surface area contributed by atoms with Crippen molar-refractivity contribution in [3.63, 3.8) is 0 Å². The van der Waals surface area contributed by atoms with Gasteiger partial charge >= 0.3 is 0 Å². The average molecular weight is 1930 g/mol. The van der Waals surface area contributed by atoms with Gasteiger partial charge in [0.25, 0.3) is 0 Å². The van der Waals surface area contributed by atoms with Crippen molar-refractivity contribution in [2.45, 2.75) is 0 Å². The number of benzene rings is 24. The van der Waals surface area contributed by atoms with Crippen LogP contribution in [0.25, 0.3) is 209 Å². The first-order chi connectivity index (χ1) is 72.9. The lowest BCUT2D eigenvalue weighted by molar-refractivity contribution is 1.19. The van der Waals surface area contributed by atoms with Crippen LogP contribution in [0.1, 0.15) is 0 Å². The zero-order valence-electron chi connectivity index (χ0n) is 79.9. The number of para-hydroxylation sites is 6. The fraction of sp³-hybridized carbons (Fsp3) is 0. The second kappa shape index (κ2) is 36.5. The number of hydrogen-bond acceptors (Lipinski definition) is 6. The normalized spacial score (nSPS) is 11.7. The molecule has 0 fully saturated rings. The first-order valence-corrected chi connectivity index (χ1v) is 52.5. The van der Waals surface area contributed by atoms with Gasteiger partial charge in [-0.15, -0.1) is 34.0 Å². The van der Waals surface area contributed by atoms with Gasteiger partial charge in [-0.05, 0) is 232 Å². The smallest absolute Gasteiger partial charge is 0.0719 e. The lowest BCUT2D eigenvalue weighted by Crippen LogP contribution is -2.11. The highest BCUT2D eigenvalue weighted by molar-refractivity contribution is 7.27. The van der Waals surface area contributed by atoms with Crippen LogP contribution in [-0.2, 0) is 0 Å². The summed E-state index contributed by atoms with van der Waals surface area (Å²) < 4.78 is 15.2. The van der Waals surface area contributed by atoms with E-state index in [1.807, 2.05) is 34.0 Å². The number of nitrogens with zero attached hydrogens (tertiary/aromatic N) is 6. The predicted molar refractivity (Wildman–Crippen MR) is 634 cm³/mol. The first kappa shape index (κ1) is 86.4. The quantitative estimate of drug-likeness (QED) is 0.102. The Labute approximate surface area is 861 Å². The van der Waals surface area contributed by atoms with E-state index in [0.717, 1.165) is 34.1 Å². The molecule has 0 aliphatic rings. The minimum absolute atomic E-state index is 1.14. The fourth-order valence-electron chi connectivity index (χ4n) is 22.6. The molecule has 0 aliphatic heterocycles. The molecule has 0 atom stereocenters. The van der Waals surface area contributed by atoms with Gasteiger partial charge in [-0.25, -0.2) is 0 Å². The van der Waals surface area contributed by atoms with Crippen LogP contribution in [0, 0.1) is 0 Å². The molecule has 9 heteroatoms. The highest BCUT2D eigenvalue weighted by Crippen LogP contribution is 2.53. The van der Waals surface area contributed by atoms with Crippen LogP contribution < -0.4 is 14.7 Å². The Balaban J connectivity index is 0.000000107. The van der Waals surface area contributed by atoms with Crippen LogP contribution >= 0.6 is 34.0 Å². The van der Waals surface area contributed by atoms with Crippen LogP contribution in [0.2, 0.25) is 0 Å². The van der Waals surface area contributed by atoms with Gasteiger partial charge < -0.3 is 28.4 Å². The van der Waals surface area contributed by atoms with Gasteiger partial charge in [0.1, 0.15) is 0 Å². The van der Waals surface area contributed by atoms with Gasteiger partial charge in [0.15, 0.2) is 0 Å². The lowest BCUT2D eigenvalue weighted by Gasteiger charge is -2.28. The molecule has 0 bridgehead atoms. The van der Waals surface area contributed by atoms with Crippen LogP contribution in [0.4, 0.5) is 51.2 Å². The van der Waals surface area contributed by atoms with Gasteiger partial charge in [-0.1, -0.05) is 364 Å². The van der Waals surface area contributed by atoms with Crippen molar-refractivity contribution in [3.8, 4) is 50.4 Å². The molecule has 30 aromatic rings. The number of rotatable bonds is 15. The third kappa shape index (κ3) is 15.0. The van der Waals surface area contributed by atoms with Crippen molar-refractivity contribution < 1.29 is 0 Å². The minimum atomic E-state index is 1.14. The highest BCUT2D eigenvalue weighted by atomic mass is 32.1. The summed E-state index contributed by atoms with van der Waals surface area (Å²) in [7, 11) is 0. The summed E-state index contributed by atoms with van der Waals surface area (Å²) in [4.78, 5) is 7.20.